The van der Waals surface area contributed by atoms with Crippen molar-refractivity contribution in [3.8, 4) is 11.5 Å². The molecule has 136 valence electrons. The molecule has 4 aromatic rings. The Morgan fingerprint density at radius 1 is 0.750 bits per heavy atom. The monoisotopic (exact) mass is 383 g/mol. The number of nitrogens with one attached hydrogen (secondary N) is 2. The topological polar surface area (TPSA) is 77.6 Å². The number of anilines is 2. The molecule has 4 rings (SSSR count). The van der Waals surface area contributed by atoms with Crippen molar-refractivity contribution >= 4 is 56.5 Å². The zero-order valence-electron chi connectivity index (χ0n) is 15.9. The van der Waals surface area contributed by atoms with E-state index >= 15 is 0 Å². The number of nitrogens with zero attached hydrogens (tertiary/aromatic N) is 1. The van der Waals surface area contributed by atoms with Gasteiger partial charge in [-0.3, -0.25) is 0 Å². The average Bonchev–Trinajstić information content (AvgIpc) is 2.69. The van der Waals surface area contributed by atoms with Crippen LogP contribution in [-0.4, -0.2) is 29.6 Å². The number of hydrogen-bond donors (Lipinski definition) is 0. The fourth-order valence-electron chi connectivity index (χ4n) is 3.32. The number of H-pyrrole nitrogens is 2. The van der Waals surface area contributed by atoms with E-state index in [9.17, 15) is 10.2 Å². The zero-order valence-corrected chi connectivity index (χ0v) is 17.3. The number of benzene rings is 2. The molecule has 0 aliphatic heterocycles. The molecule has 0 bridgehead atoms. The van der Waals surface area contributed by atoms with Crippen molar-refractivity contribution in [3.05, 3.63) is 60.7 Å². The van der Waals surface area contributed by atoms with Gasteiger partial charge in [0.1, 0.15) is 11.0 Å². The summed E-state index contributed by atoms with van der Waals surface area (Å²) >= 11 is 0. The zero-order chi connectivity index (χ0) is 18.8. The summed E-state index contributed by atoms with van der Waals surface area (Å²) in [7, 11) is 0. The van der Waals surface area contributed by atoms with Crippen LogP contribution >= 0.6 is 0 Å². The molecule has 2 aromatic heterocycles. The largest absolute Gasteiger partial charge is 2.00 e. The van der Waals surface area contributed by atoms with E-state index in [2.05, 4.69) is 21.8 Å². The number of unbranched alkanes of at least 4 members (excludes halogenated alkanes) is 1. The molecule has 2 aromatic carbocycles. The first kappa shape index (κ1) is 20.2. The van der Waals surface area contributed by atoms with E-state index in [1.54, 1.807) is 24.3 Å². The van der Waals surface area contributed by atoms with Crippen molar-refractivity contribution in [2.45, 2.75) is 19.8 Å². The molecule has 0 fully saturated rings. The van der Waals surface area contributed by atoms with Crippen molar-refractivity contribution in [3.63, 3.8) is 0 Å². The summed E-state index contributed by atoms with van der Waals surface area (Å²) in [5.41, 5.74) is 1.17. The van der Waals surface area contributed by atoms with Crippen LogP contribution in [-0.2, 0) is 0 Å². The Labute approximate surface area is 179 Å². The van der Waals surface area contributed by atoms with Crippen LogP contribution in [0.1, 0.15) is 19.8 Å². The van der Waals surface area contributed by atoms with Gasteiger partial charge in [-0.2, -0.15) is 4.90 Å². The molecule has 0 atom stereocenters. The molecule has 0 unspecified atom stereocenters. The number of aromatic nitrogens is 2. The molecule has 0 saturated carbocycles. The molecular formula is C22H21MgN3O2+2. The van der Waals surface area contributed by atoms with Crippen LogP contribution < -0.4 is 25.1 Å². The quantitative estimate of drug-likeness (QED) is 0.496. The van der Waals surface area contributed by atoms with Crippen molar-refractivity contribution < 1.29 is 20.2 Å². The number of pyridine rings is 2. The summed E-state index contributed by atoms with van der Waals surface area (Å²) in [5, 5.41) is 26.2. The maximum absolute atomic E-state index is 12.2. The molecule has 5 nitrogen and oxygen atoms in total. The Hall–Kier alpha value is -2.57. The number of rotatable bonds is 5. The first-order valence-corrected chi connectivity index (χ1v) is 9.19. The Morgan fingerprint density at radius 3 is 1.71 bits per heavy atom. The Balaban J connectivity index is 0.00000225. The maximum atomic E-state index is 12.2. The van der Waals surface area contributed by atoms with Gasteiger partial charge in [0.2, 0.25) is 0 Å². The van der Waals surface area contributed by atoms with Crippen LogP contribution in [0, 0.1) is 0 Å². The van der Waals surface area contributed by atoms with Gasteiger partial charge in [-0.05, 0) is 18.6 Å². The molecule has 0 spiro atoms. The van der Waals surface area contributed by atoms with Gasteiger partial charge in [-0.25, -0.2) is 9.97 Å². The maximum Gasteiger partial charge on any atom is 2.00 e. The Kier molecular flexibility index (Phi) is 6.21. The van der Waals surface area contributed by atoms with Crippen LogP contribution in [0.25, 0.3) is 21.8 Å². The first-order valence-electron chi connectivity index (χ1n) is 9.19. The second-order valence-electron chi connectivity index (χ2n) is 6.63. The van der Waals surface area contributed by atoms with E-state index in [0.29, 0.717) is 11.0 Å². The molecule has 0 radical (unpaired) electrons. The summed E-state index contributed by atoms with van der Waals surface area (Å²) < 4.78 is 0. The third-order valence-corrected chi connectivity index (χ3v) is 4.78. The van der Waals surface area contributed by atoms with Crippen molar-refractivity contribution in [2.24, 2.45) is 0 Å². The van der Waals surface area contributed by atoms with E-state index in [4.69, 9.17) is 0 Å². The normalized spacial score (nSPS) is 10.8. The number of para-hydroxylation sites is 2. The minimum absolute atomic E-state index is 0. The second-order valence-corrected chi connectivity index (χ2v) is 6.63. The van der Waals surface area contributed by atoms with E-state index in [0.717, 1.165) is 41.8 Å². The summed E-state index contributed by atoms with van der Waals surface area (Å²) in [6, 6.07) is 18.3. The minimum Gasteiger partial charge on any atom is -0.870 e. The second kappa shape index (κ2) is 8.62. The van der Waals surface area contributed by atoms with Crippen molar-refractivity contribution in [2.75, 3.05) is 11.4 Å². The molecule has 0 aliphatic rings. The molecule has 0 saturated heterocycles. The number of aromatic amines is 2. The van der Waals surface area contributed by atoms with Gasteiger partial charge in [0, 0.05) is 22.9 Å². The minimum atomic E-state index is -0.0332. The molecule has 0 amide bonds. The van der Waals surface area contributed by atoms with E-state index in [1.807, 2.05) is 36.4 Å². The fraction of sp³-hybridized carbons (Fsp3) is 0.182. The summed E-state index contributed by atoms with van der Waals surface area (Å²) in [4.78, 5) is 8.65. The first-order chi connectivity index (χ1) is 13.2. The summed E-state index contributed by atoms with van der Waals surface area (Å²) in [5.74, 6) is 1.57. The van der Waals surface area contributed by atoms with Crippen LogP contribution in [0.5, 0.6) is 11.5 Å². The average molecular weight is 384 g/mol. The number of hydrogen-bond acceptors (Lipinski definition) is 3. The van der Waals surface area contributed by atoms with Gasteiger partial charge < -0.3 is 10.2 Å². The van der Waals surface area contributed by atoms with E-state index in [-0.39, 0.29) is 34.6 Å². The third-order valence-electron chi connectivity index (χ3n) is 4.78. The standard InChI is InChI=1S/C22H21N3O2.Mg/c1-2-3-14-25(19-12-10-15-6-4-8-17(26)21(15)23-19)20-13-11-16-7-5-9-18(27)22(16)24-20;/h4-13,26-27H,2-3,14H2,1H3;/q;+2. The Morgan fingerprint density at radius 2 is 1.25 bits per heavy atom. The molecule has 2 N–H and O–H groups in total. The van der Waals surface area contributed by atoms with Gasteiger partial charge in [-0.15, -0.1) is 0 Å². The smallest absolute Gasteiger partial charge is 0.870 e. The molecule has 28 heavy (non-hydrogen) atoms. The SMILES string of the molecule is CCCCN(c1ccc2cccc([O-])c2[nH+]1)c1ccc2cccc([O-])c2[nH+]1.[Mg+2]. The molecular weight excluding hydrogens is 363 g/mol. The van der Waals surface area contributed by atoms with Gasteiger partial charge in [0.25, 0.3) is 11.6 Å². The Bertz CT molecular complexity index is 1030. The van der Waals surface area contributed by atoms with Gasteiger partial charge in [0.05, 0.1) is 6.54 Å². The predicted octanol–water partition coefficient (Wildman–Crippen LogP) is 2.33. The van der Waals surface area contributed by atoms with Crippen LogP contribution in [0.15, 0.2) is 60.7 Å². The van der Waals surface area contributed by atoms with Gasteiger partial charge >= 0.3 is 23.1 Å². The van der Waals surface area contributed by atoms with Crippen molar-refractivity contribution in [1.29, 1.82) is 0 Å². The van der Waals surface area contributed by atoms with Gasteiger partial charge in [0.15, 0.2) is 0 Å². The molecule has 0 aliphatic carbocycles. The van der Waals surface area contributed by atoms with Crippen LogP contribution in [0.4, 0.5) is 11.6 Å². The fourth-order valence-corrected chi connectivity index (χ4v) is 3.32. The summed E-state index contributed by atoms with van der Waals surface area (Å²) in [6.45, 7) is 2.90. The molecule has 2 heterocycles. The summed E-state index contributed by atoms with van der Waals surface area (Å²) in [6.07, 6.45) is 2.02. The predicted molar refractivity (Wildman–Crippen MR) is 108 cm³/mol. The van der Waals surface area contributed by atoms with E-state index in [1.165, 1.54) is 0 Å². The van der Waals surface area contributed by atoms with Crippen molar-refractivity contribution in [1.82, 2.24) is 0 Å². The molecule has 6 heteroatoms. The number of fused-ring (bicyclic) bond motifs is 2. The van der Waals surface area contributed by atoms with Crippen LogP contribution in [0.3, 0.4) is 0 Å². The van der Waals surface area contributed by atoms with E-state index < -0.39 is 0 Å². The van der Waals surface area contributed by atoms with Crippen LogP contribution in [0.2, 0.25) is 0 Å². The third kappa shape index (κ3) is 3.84. The van der Waals surface area contributed by atoms with Gasteiger partial charge in [-0.1, -0.05) is 61.2 Å².